The molecule has 1 N–H and O–H groups in total. The van der Waals surface area contributed by atoms with Crippen LogP contribution in [0.25, 0.3) is 6.08 Å². The Morgan fingerprint density at radius 3 is 2.02 bits per heavy atom. The van der Waals surface area contributed by atoms with Gasteiger partial charge >= 0.3 is 0 Å². The third-order valence-electron chi connectivity index (χ3n) is 11.4. The lowest BCUT2D eigenvalue weighted by Crippen LogP contribution is -2.60. The fraction of sp³-hybridized carbons (Fsp3) is 0.233. The Bertz CT molecular complexity index is 2360. The molecule has 13 heteroatoms. The smallest absolute Gasteiger partial charge is 0.258 e. The Hall–Kier alpha value is -5.78. The van der Waals surface area contributed by atoms with Crippen LogP contribution in [-0.2, 0) is 19.2 Å². The number of alkyl halides is 2. The Morgan fingerprint density at radius 1 is 0.804 bits per heavy atom. The van der Waals surface area contributed by atoms with Crippen molar-refractivity contribution >= 4 is 70.1 Å². The van der Waals surface area contributed by atoms with Gasteiger partial charge in [0.1, 0.15) is 5.82 Å². The number of hydrogen-bond acceptors (Lipinski definition) is 8. The van der Waals surface area contributed by atoms with E-state index in [1.807, 2.05) is 0 Å². The van der Waals surface area contributed by atoms with Crippen molar-refractivity contribution in [2.45, 2.75) is 22.6 Å². The topological polar surface area (TPSA) is 131 Å². The maximum Gasteiger partial charge on any atom is 0.258 e. The maximum absolute atomic E-state index is 14.6. The molecule has 6 atom stereocenters. The summed E-state index contributed by atoms with van der Waals surface area (Å²) in [5, 5.41) is 10.5. The lowest BCUT2D eigenvalue weighted by atomic mass is 9.57. The molecule has 0 spiro atoms. The zero-order valence-electron chi connectivity index (χ0n) is 29.9. The Balaban J connectivity index is 1.20. The number of nitrogens with zero attached hydrogens (tertiary/aromatic N) is 2. The summed E-state index contributed by atoms with van der Waals surface area (Å²) in [6.45, 7) is 0. The summed E-state index contributed by atoms with van der Waals surface area (Å²) in [5.74, 6) is -7.09. The van der Waals surface area contributed by atoms with Gasteiger partial charge in [-0.3, -0.25) is 28.9 Å². The molecule has 4 aliphatic rings. The first kappa shape index (κ1) is 37.2. The van der Waals surface area contributed by atoms with Gasteiger partial charge in [0.2, 0.25) is 17.6 Å². The summed E-state index contributed by atoms with van der Waals surface area (Å²) in [5.41, 5.74) is 2.25. The van der Waals surface area contributed by atoms with Gasteiger partial charge in [0.15, 0.2) is 27.0 Å². The second-order valence-electron chi connectivity index (χ2n) is 14.2. The summed E-state index contributed by atoms with van der Waals surface area (Å²) in [7, 11) is 2.75. The Labute approximate surface area is 330 Å². The van der Waals surface area contributed by atoms with E-state index < -0.39 is 62.9 Å². The van der Waals surface area contributed by atoms with Crippen LogP contribution in [0.5, 0.6) is 17.2 Å². The summed E-state index contributed by atoms with van der Waals surface area (Å²) in [6, 6.07) is 22.8. The number of halogens is 3. The zero-order valence-corrected chi connectivity index (χ0v) is 31.5. The molecule has 2 aliphatic heterocycles. The number of allylic oxidation sites excluding steroid dienone is 3. The third-order valence-corrected chi connectivity index (χ3v) is 12.8. The first-order valence-corrected chi connectivity index (χ1v) is 18.5. The van der Waals surface area contributed by atoms with Crippen LogP contribution in [0.15, 0.2) is 109 Å². The standard InChI is InChI=1S/C43H33Cl2FN2O8/c1-55-33-20-23(21-34(56-2)37(33)50)8-19-32-29-17-18-30-35(31(29)22-42(44)40(53)48(41(54)43(32,42)45)28-15-11-26(46)12-16-28)39(52)47(38(30)51)27-13-9-25(10-14-27)36(49)24-6-4-3-5-7-24/h3-17,19-21,30-32,35,50H,18,22H2,1-2H3/t30-,31+,32-,35-,42+,43-/m0/s1. The normalized spacial score (nSPS) is 26.9. The molecule has 8 rings (SSSR count). The second-order valence-corrected chi connectivity index (χ2v) is 15.4. The van der Waals surface area contributed by atoms with Crippen LogP contribution in [0.2, 0.25) is 0 Å². The lowest BCUT2D eigenvalue weighted by molar-refractivity contribution is -0.125. The molecule has 2 saturated heterocycles. The minimum atomic E-state index is -2.12. The van der Waals surface area contributed by atoms with Crippen molar-refractivity contribution in [3.8, 4) is 17.2 Å². The highest BCUT2D eigenvalue weighted by molar-refractivity contribution is 6.58. The Morgan fingerprint density at radius 2 is 1.39 bits per heavy atom. The lowest BCUT2D eigenvalue weighted by Gasteiger charge is -2.49. The number of benzene rings is 4. The number of ether oxygens (including phenoxy) is 2. The highest BCUT2D eigenvalue weighted by Gasteiger charge is 2.76. The van der Waals surface area contributed by atoms with Crippen molar-refractivity contribution in [3.05, 3.63) is 131 Å². The number of rotatable bonds is 8. The minimum absolute atomic E-state index is 0.0638. The number of methoxy groups -OCH3 is 2. The van der Waals surface area contributed by atoms with Crippen LogP contribution in [0.4, 0.5) is 15.8 Å². The summed E-state index contributed by atoms with van der Waals surface area (Å²) in [4.78, 5) is 68.4. The van der Waals surface area contributed by atoms with Gasteiger partial charge in [-0.2, -0.15) is 0 Å². The van der Waals surface area contributed by atoms with E-state index in [1.54, 1.807) is 72.8 Å². The number of phenols is 1. The molecule has 284 valence electrons. The molecule has 0 aromatic heterocycles. The molecule has 0 bridgehead atoms. The molecular weight excluding hydrogens is 762 g/mol. The average molecular weight is 796 g/mol. The van der Waals surface area contributed by atoms with E-state index in [9.17, 15) is 33.5 Å². The van der Waals surface area contributed by atoms with Crippen molar-refractivity contribution in [1.29, 1.82) is 0 Å². The Kier molecular flexibility index (Phi) is 9.13. The van der Waals surface area contributed by atoms with Gasteiger partial charge in [-0.15, -0.1) is 23.2 Å². The van der Waals surface area contributed by atoms with Crippen LogP contribution >= 0.6 is 23.2 Å². The van der Waals surface area contributed by atoms with Gasteiger partial charge in [-0.05, 0) is 85.0 Å². The van der Waals surface area contributed by atoms with Crippen molar-refractivity contribution in [2.24, 2.45) is 23.7 Å². The number of amides is 4. The van der Waals surface area contributed by atoms with Crippen molar-refractivity contribution in [3.63, 3.8) is 0 Å². The number of carbonyl (C=O) groups excluding carboxylic acids is 5. The zero-order chi connectivity index (χ0) is 39.7. The fourth-order valence-electron chi connectivity index (χ4n) is 8.64. The number of phenolic OH excluding ortho intramolecular Hbond substituents is 1. The van der Waals surface area contributed by atoms with Gasteiger partial charge in [0.25, 0.3) is 11.8 Å². The first-order chi connectivity index (χ1) is 26.8. The van der Waals surface area contributed by atoms with Crippen molar-refractivity contribution in [2.75, 3.05) is 24.0 Å². The molecule has 4 amide bonds. The molecule has 56 heavy (non-hydrogen) atoms. The SMILES string of the molecule is COc1cc(C=C[C@H]2C3=CC[C@@H]4C(=O)N(c5ccc(C(=O)c6ccccc6)cc5)C(=O)[C@@H]4[C@@H]3C[C@@]3(Cl)C(=O)N(c4ccc(F)cc4)C(=O)[C@@]23Cl)cc(OC)c1O. The molecular formula is C43H33Cl2FN2O8. The first-order valence-electron chi connectivity index (χ1n) is 17.8. The third kappa shape index (κ3) is 5.47. The van der Waals surface area contributed by atoms with E-state index in [1.165, 1.54) is 38.5 Å². The van der Waals surface area contributed by atoms with Crippen LogP contribution in [-0.4, -0.2) is 58.5 Å². The molecule has 0 unspecified atom stereocenters. The number of aromatic hydroxyl groups is 1. The quantitative estimate of drug-likeness (QED) is 0.0867. The van der Waals surface area contributed by atoms with Crippen molar-refractivity contribution < 1.29 is 42.9 Å². The van der Waals surface area contributed by atoms with Crippen LogP contribution in [0.3, 0.4) is 0 Å². The summed E-state index contributed by atoms with van der Waals surface area (Å²) < 4.78 is 24.6. The summed E-state index contributed by atoms with van der Waals surface area (Å²) in [6.07, 6.45) is 4.92. The van der Waals surface area contributed by atoms with E-state index in [0.29, 0.717) is 22.3 Å². The minimum Gasteiger partial charge on any atom is -0.502 e. The number of carbonyl (C=O) groups is 5. The van der Waals surface area contributed by atoms with Gasteiger partial charge in [0, 0.05) is 17.0 Å². The molecule has 4 aromatic carbocycles. The monoisotopic (exact) mass is 794 g/mol. The predicted octanol–water partition coefficient (Wildman–Crippen LogP) is 7.09. The number of anilines is 2. The average Bonchev–Trinajstić information content (AvgIpc) is 3.55. The fourth-order valence-corrected chi connectivity index (χ4v) is 9.53. The van der Waals surface area contributed by atoms with E-state index >= 15 is 0 Å². The summed E-state index contributed by atoms with van der Waals surface area (Å²) >= 11 is 14.8. The van der Waals surface area contributed by atoms with E-state index in [-0.39, 0.29) is 47.2 Å². The number of ketones is 1. The van der Waals surface area contributed by atoms with Crippen LogP contribution in [0, 0.1) is 29.5 Å². The van der Waals surface area contributed by atoms with Gasteiger partial charge in [0.05, 0.1) is 37.4 Å². The van der Waals surface area contributed by atoms with Crippen molar-refractivity contribution in [1.82, 2.24) is 0 Å². The highest BCUT2D eigenvalue weighted by Crippen LogP contribution is 2.63. The molecule has 3 fully saturated rings. The van der Waals surface area contributed by atoms with Gasteiger partial charge in [-0.25, -0.2) is 9.29 Å². The highest BCUT2D eigenvalue weighted by atomic mass is 35.5. The number of imide groups is 2. The van der Waals surface area contributed by atoms with Gasteiger partial charge < -0.3 is 14.6 Å². The second kappa shape index (κ2) is 13.8. The molecule has 0 radical (unpaired) electrons. The number of fused-ring (bicyclic) bond motifs is 4. The van der Waals surface area contributed by atoms with E-state index in [0.717, 1.165) is 21.9 Å². The molecule has 1 saturated carbocycles. The largest absolute Gasteiger partial charge is 0.502 e. The molecule has 10 nitrogen and oxygen atoms in total. The number of hydrogen-bond donors (Lipinski definition) is 1. The molecule has 2 aliphatic carbocycles. The maximum atomic E-state index is 14.6. The molecule has 2 heterocycles. The van der Waals surface area contributed by atoms with E-state index in [2.05, 4.69) is 0 Å². The van der Waals surface area contributed by atoms with Gasteiger partial charge in [-0.1, -0.05) is 54.1 Å². The van der Waals surface area contributed by atoms with Crippen LogP contribution in [0.1, 0.15) is 34.3 Å². The van der Waals surface area contributed by atoms with Crippen LogP contribution < -0.4 is 19.3 Å². The molecule has 4 aromatic rings. The predicted molar refractivity (Wildman–Crippen MR) is 206 cm³/mol. The van der Waals surface area contributed by atoms with E-state index in [4.69, 9.17) is 32.7 Å².